The molecule has 0 bridgehead atoms. The van der Waals surface area contributed by atoms with Gasteiger partial charge in [0, 0.05) is 5.56 Å². The van der Waals surface area contributed by atoms with Crippen LogP contribution in [0.15, 0.2) is 48.8 Å². The van der Waals surface area contributed by atoms with Crippen molar-refractivity contribution in [2.24, 2.45) is 0 Å². The molecule has 4 atom stereocenters. The quantitative estimate of drug-likeness (QED) is 0.570. The number of nitrogens with one attached hydrogen (secondary N) is 1. The van der Waals surface area contributed by atoms with Crippen LogP contribution in [0.1, 0.15) is 22.2 Å². The maximum atomic E-state index is 14.8. The Balaban J connectivity index is 1.68. The Hall–Kier alpha value is -3.32. The van der Waals surface area contributed by atoms with Gasteiger partial charge < -0.3 is 20.3 Å². The molecule has 1 aliphatic rings. The van der Waals surface area contributed by atoms with Crippen molar-refractivity contribution < 1.29 is 24.1 Å². The predicted molar refractivity (Wildman–Crippen MR) is 101 cm³/mol. The highest BCUT2D eigenvalue weighted by atomic mass is 19.1. The maximum Gasteiger partial charge on any atom is 0.256 e. The van der Waals surface area contributed by atoms with Gasteiger partial charge in [-0.1, -0.05) is 24.1 Å². The number of rotatable bonds is 4. The van der Waals surface area contributed by atoms with Crippen molar-refractivity contribution >= 4 is 17.2 Å². The standard InChI is InChI=1S/C20H17FN4O4/c1-2-20(10-26)17(27)15(21)16(29-20)13-8-9-14-18(22-11-23-25(13)14)24-19(28)12-6-4-3-5-7-12/h1,3-9,11,15-17,26-27H,10H2,(H,22,23,24,28)/t15-,16-,17-,20+/m0/s1. The molecule has 2 aromatic heterocycles. The second kappa shape index (κ2) is 7.25. The number of ether oxygens (including phenoxy) is 1. The van der Waals surface area contributed by atoms with Gasteiger partial charge in [0.05, 0.1) is 12.3 Å². The fourth-order valence-electron chi connectivity index (χ4n) is 3.34. The molecule has 8 nitrogen and oxygen atoms in total. The normalized spacial score (nSPS) is 26.3. The summed E-state index contributed by atoms with van der Waals surface area (Å²) in [4.78, 5) is 16.5. The smallest absolute Gasteiger partial charge is 0.256 e. The van der Waals surface area contributed by atoms with Gasteiger partial charge in [-0.3, -0.25) is 4.79 Å². The average Bonchev–Trinajstić information content (AvgIpc) is 3.29. The van der Waals surface area contributed by atoms with E-state index in [1.165, 1.54) is 16.9 Å². The highest BCUT2D eigenvalue weighted by Crippen LogP contribution is 2.42. The number of carbonyl (C=O) groups is 1. The Morgan fingerprint density at radius 1 is 1.34 bits per heavy atom. The molecular formula is C20H17FN4O4. The van der Waals surface area contributed by atoms with Gasteiger partial charge in [-0.15, -0.1) is 6.42 Å². The minimum atomic E-state index is -1.88. The number of aromatic nitrogens is 3. The molecule has 1 amide bonds. The molecule has 4 rings (SSSR count). The number of hydrogen-bond donors (Lipinski definition) is 3. The number of aliphatic hydroxyl groups excluding tert-OH is 2. The summed E-state index contributed by atoms with van der Waals surface area (Å²) in [5.74, 6) is 2.00. The molecule has 3 heterocycles. The molecule has 3 aromatic rings. The lowest BCUT2D eigenvalue weighted by atomic mass is 9.96. The lowest BCUT2D eigenvalue weighted by molar-refractivity contribution is -0.0732. The summed E-state index contributed by atoms with van der Waals surface area (Å²) < 4.78 is 21.6. The zero-order valence-corrected chi connectivity index (χ0v) is 15.1. The largest absolute Gasteiger partial charge is 0.392 e. The highest BCUT2D eigenvalue weighted by molar-refractivity contribution is 6.05. The Morgan fingerprint density at radius 2 is 2.10 bits per heavy atom. The molecule has 3 N–H and O–H groups in total. The van der Waals surface area contributed by atoms with Crippen molar-refractivity contribution in [2.45, 2.75) is 24.0 Å². The highest BCUT2D eigenvalue weighted by Gasteiger charge is 2.55. The van der Waals surface area contributed by atoms with E-state index in [0.29, 0.717) is 11.1 Å². The summed E-state index contributed by atoms with van der Waals surface area (Å²) >= 11 is 0. The van der Waals surface area contributed by atoms with Crippen molar-refractivity contribution in [3.8, 4) is 12.3 Å². The molecule has 148 valence electrons. The van der Waals surface area contributed by atoms with Gasteiger partial charge >= 0.3 is 0 Å². The number of hydrogen-bond acceptors (Lipinski definition) is 6. The number of halogens is 1. The van der Waals surface area contributed by atoms with E-state index < -0.39 is 30.6 Å². The number of amides is 1. The number of aliphatic hydroxyl groups is 2. The van der Waals surface area contributed by atoms with Crippen molar-refractivity contribution in [3.63, 3.8) is 0 Å². The first-order chi connectivity index (χ1) is 14.0. The molecule has 0 saturated carbocycles. The van der Waals surface area contributed by atoms with Crippen molar-refractivity contribution in [1.29, 1.82) is 0 Å². The van der Waals surface area contributed by atoms with Gasteiger partial charge in [-0.25, -0.2) is 13.9 Å². The molecule has 1 saturated heterocycles. The van der Waals surface area contributed by atoms with Crippen molar-refractivity contribution in [3.05, 3.63) is 60.0 Å². The van der Waals surface area contributed by atoms with Crippen LogP contribution >= 0.6 is 0 Å². The van der Waals surface area contributed by atoms with Crippen LogP contribution in [-0.2, 0) is 4.74 Å². The number of fused-ring (bicyclic) bond motifs is 1. The van der Waals surface area contributed by atoms with Gasteiger partial charge in [0.1, 0.15) is 24.1 Å². The first-order valence-corrected chi connectivity index (χ1v) is 8.78. The van der Waals surface area contributed by atoms with E-state index in [2.05, 4.69) is 21.3 Å². The number of alkyl halides is 1. The van der Waals surface area contributed by atoms with Crippen LogP contribution in [0.4, 0.5) is 10.2 Å². The Bertz CT molecular complexity index is 1100. The van der Waals surface area contributed by atoms with Gasteiger partial charge in [0.15, 0.2) is 17.6 Å². The van der Waals surface area contributed by atoms with Gasteiger partial charge in [0.2, 0.25) is 0 Å². The van der Waals surface area contributed by atoms with E-state index >= 15 is 0 Å². The molecule has 1 aliphatic heterocycles. The third-order valence-corrected chi connectivity index (χ3v) is 4.93. The molecule has 9 heteroatoms. The predicted octanol–water partition coefficient (Wildman–Crippen LogP) is 1.12. The number of carbonyl (C=O) groups excluding carboxylic acids is 1. The lowest BCUT2D eigenvalue weighted by Crippen LogP contribution is -2.44. The number of nitrogens with zero attached hydrogens (tertiary/aromatic N) is 3. The zero-order valence-electron chi connectivity index (χ0n) is 15.1. The van der Waals surface area contributed by atoms with Crippen LogP contribution in [0.3, 0.4) is 0 Å². The zero-order chi connectivity index (χ0) is 20.6. The minimum Gasteiger partial charge on any atom is -0.392 e. The van der Waals surface area contributed by atoms with Crippen LogP contribution < -0.4 is 5.32 Å². The summed E-state index contributed by atoms with van der Waals surface area (Å²) in [6.45, 7) is -0.738. The Labute approximate surface area is 165 Å². The van der Waals surface area contributed by atoms with E-state index in [0.717, 1.165) is 0 Å². The molecule has 0 aliphatic carbocycles. The van der Waals surface area contributed by atoms with Crippen LogP contribution in [0, 0.1) is 12.3 Å². The molecule has 0 unspecified atom stereocenters. The van der Waals surface area contributed by atoms with Crippen LogP contribution in [-0.4, -0.2) is 55.2 Å². The molecule has 1 fully saturated rings. The summed E-state index contributed by atoms with van der Waals surface area (Å²) in [5, 5.41) is 26.5. The van der Waals surface area contributed by atoms with E-state index in [-0.39, 0.29) is 17.4 Å². The van der Waals surface area contributed by atoms with Gasteiger partial charge in [0.25, 0.3) is 5.91 Å². The number of terminal acetylenes is 1. The number of benzene rings is 1. The Morgan fingerprint density at radius 3 is 2.76 bits per heavy atom. The summed E-state index contributed by atoms with van der Waals surface area (Å²) in [5.41, 5.74) is -0.733. The minimum absolute atomic E-state index is 0.222. The second-order valence-corrected chi connectivity index (χ2v) is 6.60. The molecule has 29 heavy (non-hydrogen) atoms. The first-order valence-electron chi connectivity index (χ1n) is 8.78. The molecule has 0 radical (unpaired) electrons. The first kappa shape index (κ1) is 19.0. The van der Waals surface area contributed by atoms with E-state index in [9.17, 15) is 19.4 Å². The molecule has 1 aromatic carbocycles. The van der Waals surface area contributed by atoms with Gasteiger partial charge in [-0.05, 0) is 24.3 Å². The monoisotopic (exact) mass is 396 g/mol. The Kier molecular flexibility index (Phi) is 4.76. The molecular weight excluding hydrogens is 379 g/mol. The van der Waals surface area contributed by atoms with Gasteiger partial charge in [-0.2, -0.15) is 5.10 Å². The summed E-state index contributed by atoms with van der Waals surface area (Å²) in [7, 11) is 0. The van der Waals surface area contributed by atoms with E-state index in [4.69, 9.17) is 11.2 Å². The maximum absolute atomic E-state index is 14.8. The fraction of sp³-hybridized carbons (Fsp3) is 0.250. The molecule has 0 spiro atoms. The summed E-state index contributed by atoms with van der Waals surface area (Å²) in [6, 6.07) is 11.7. The third-order valence-electron chi connectivity index (χ3n) is 4.93. The number of anilines is 1. The summed E-state index contributed by atoms with van der Waals surface area (Å²) in [6.07, 6.45) is 1.71. The van der Waals surface area contributed by atoms with Crippen LogP contribution in [0.5, 0.6) is 0 Å². The van der Waals surface area contributed by atoms with Crippen LogP contribution in [0.2, 0.25) is 0 Å². The SMILES string of the molecule is C#C[C@]1(CO)O[C@@H](c2ccc3c(NC(=O)c4ccccc4)ncnn23)[C@H](F)[C@@H]1O. The van der Waals surface area contributed by atoms with E-state index in [1.54, 1.807) is 36.4 Å². The van der Waals surface area contributed by atoms with Crippen LogP contribution in [0.25, 0.3) is 5.52 Å². The van der Waals surface area contributed by atoms with Crippen molar-refractivity contribution in [1.82, 2.24) is 14.6 Å². The van der Waals surface area contributed by atoms with Crippen molar-refractivity contribution in [2.75, 3.05) is 11.9 Å². The fourth-order valence-corrected chi connectivity index (χ4v) is 3.34. The lowest BCUT2D eigenvalue weighted by Gasteiger charge is -2.23. The third kappa shape index (κ3) is 3.03. The topological polar surface area (TPSA) is 109 Å². The second-order valence-electron chi connectivity index (χ2n) is 6.60. The average molecular weight is 396 g/mol. The van der Waals surface area contributed by atoms with E-state index in [1.807, 2.05) is 0 Å².